The van der Waals surface area contributed by atoms with Gasteiger partial charge in [-0.25, -0.2) is 8.42 Å². The maximum atomic E-state index is 12.9. The zero-order chi connectivity index (χ0) is 19.6. The molecule has 1 saturated heterocycles. The van der Waals surface area contributed by atoms with Gasteiger partial charge in [0.05, 0.1) is 18.2 Å². The first-order valence-electron chi connectivity index (χ1n) is 8.55. The number of aryl methyl sites for hydroxylation is 2. The number of carbonyl (C=O) groups is 1. The average molecular weight is 409 g/mol. The van der Waals surface area contributed by atoms with E-state index < -0.39 is 10.0 Å². The molecule has 3 rings (SSSR count). The van der Waals surface area contributed by atoms with Gasteiger partial charge in [0.15, 0.2) is 0 Å². The highest BCUT2D eigenvalue weighted by Gasteiger charge is 2.29. The second-order valence-corrected chi connectivity index (χ2v) is 8.70. The van der Waals surface area contributed by atoms with Crippen LogP contribution in [0, 0.1) is 13.8 Å². The van der Waals surface area contributed by atoms with E-state index in [-0.39, 0.29) is 34.5 Å². The lowest BCUT2D eigenvalue weighted by atomic mass is 10.1. The van der Waals surface area contributed by atoms with Crippen molar-refractivity contribution in [2.75, 3.05) is 31.6 Å². The van der Waals surface area contributed by atoms with Gasteiger partial charge >= 0.3 is 0 Å². The molecule has 1 N–H and O–H groups in total. The molecule has 0 unspecified atom stereocenters. The third-order valence-corrected chi connectivity index (χ3v) is 6.88. The van der Waals surface area contributed by atoms with Gasteiger partial charge in [0.1, 0.15) is 4.90 Å². The second kappa shape index (κ2) is 7.98. The van der Waals surface area contributed by atoms with Crippen LogP contribution in [0.3, 0.4) is 0 Å². The molecule has 1 fully saturated rings. The van der Waals surface area contributed by atoms with Gasteiger partial charge in [0.25, 0.3) is 5.91 Å². The molecule has 0 aliphatic carbocycles. The molecular weight excluding hydrogens is 388 g/mol. The molecule has 1 amide bonds. The number of hydrogen-bond acceptors (Lipinski definition) is 4. The summed E-state index contributed by atoms with van der Waals surface area (Å²) in [5, 5.41) is 2.95. The Hall–Kier alpha value is -1.93. The average Bonchev–Trinajstić information content (AvgIpc) is 2.65. The van der Waals surface area contributed by atoms with E-state index >= 15 is 0 Å². The van der Waals surface area contributed by atoms with Gasteiger partial charge in [-0.1, -0.05) is 29.8 Å². The maximum absolute atomic E-state index is 12.9. The fourth-order valence-corrected chi connectivity index (χ4v) is 4.87. The number of nitrogens with zero attached hydrogens (tertiary/aromatic N) is 1. The van der Waals surface area contributed by atoms with Crippen molar-refractivity contribution in [2.45, 2.75) is 18.7 Å². The molecule has 1 aliphatic heterocycles. The van der Waals surface area contributed by atoms with E-state index in [9.17, 15) is 13.2 Å². The number of anilines is 1. The maximum Gasteiger partial charge on any atom is 0.255 e. The van der Waals surface area contributed by atoms with Crippen molar-refractivity contribution >= 4 is 33.2 Å². The first-order valence-corrected chi connectivity index (χ1v) is 10.4. The third-order valence-electron chi connectivity index (χ3n) is 4.50. The van der Waals surface area contributed by atoms with E-state index in [0.29, 0.717) is 13.2 Å². The van der Waals surface area contributed by atoms with Gasteiger partial charge in [0, 0.05) is 24.3 Å². The Morgan fingerprint density at radius 1 is 1.11 bits per heavy atom. The molecule has 1 aliphatic rings. The molecule has 144 valence electrons. The standard InChI is InChI=1S/C19H21ClN2O4S/c1-13-4-3-5-14(2)18(13)21-19(23)15-6-7-16(20)17(12-15)27(24,25)22-8-10-26-11-9-22/h3-7,12H,8-11H2,1-2H3,(H,21,23). The Morgan fingerprint density at radius 2 is 1.74 bits per heavy atom. The third kappa shape index (κ3) is 4.16. The topological polar surface area (TPSA) is 75.7 Å². The number of benzene rings is 2. The summed E-state index contributed by atoms with van der Waals surface area (Å²) in [6.07, 6.45) is 0. The van der Waals surface area contributed by atoms with Gasteiger partial charge in [0.2, 0.25) is 10.0 Å². The normalized spacial score (nSPS) is 15.5. The lowest BCUT2D eigenvalue weighted by molar-refractivity contribution is 0.0730. The first-order chi connectivity index (χ1) is 12.8. The van der Waals surface area contributed by atoms with Crippen molar-refractivity contribution in [1.29, 1.82) is 0 Å². The Kier molecular flexibility index (Phi) is 5.86. The molecule has 0 atom stereocenters. The summed E-state index contributed by atoms with van der Waals surface area (Å²) >= 11 is 6.15. The Balaban J connectivity index is 1.92. The summed E-state index contributed by atoms with van der Waals surface area (Å²) in [7, 11) is -3.80. The first kappa shape index (κ1) is 19.8. The number of halogens is 1. The van der Waals surface area contributed by atoms with E-state index in [4.69, 9.17) is 16.3 Å². The molecule has 2 aromatic rings. The quantitative estimate of drug-likeness (QED) is 0.842. The van der Waals surface area contributed by atoms with Crippen LogP contribution in [0.15, 0.2) is 41.3 Å². The smallest absolute Gasteiger partial charge is 0.255 e. The van der Waals surface area contributed by atoms with Crippen LogP contribution >= 0.6 is 11.6 Å². The predicted octanol–water partition coefficient (Wildman–Crippen LogP) is 3.23. The second-order valence-electron chi connectivity index (χ2n) is 6.38. The molecule has 8 heteroatoms. The summed E-state index contributed by atoms with van der Waals surface area (Å²) in [5.41, 5.74) is 2.81. The number of morpholine rings is 1. The molecule has 0 bridgehead atoms. The number of amides is 1. The Morgan fingerprint density at radius 3 is 2.37 bits per heavy atom. The van der Waals surface area contributed by atoms with Crippen molar-refractivity contribution in [2.24, 2.45) is 0 Å². The number of ether oxygens (including phenoxy) is 1. The lowest BCUT2D eigenvalue weighted by Gasteiger charge is -2.26. The zero-order valence-corrected chi connectivity index (χ0v) is 16.7. The number of para-hydroxylation sites is 1. The molecule has 0 aromatic heterocycles. The van der Waals surface area contributed by atoms with Crippen LogP contribution in [-0.2, 0) is 14.8 Å². The van der Waals surface area contributed by atoms with Crippen LogP contribution in [0.2, 0.25) is 5.02 Å². The Bertz CT molecular complexity index is 949. The van der Waals surface area contributed by atoms with Crippen LogP contribution in [0.4, 0.5) is 5.69 Å². The minimum absolute atomic E-state index is 0.0692. The van der Waals surface area contributed by atoms with Crippen molar-refractivity contribution in [3.63, 3.8) is 0 Å². The molecule has 1 heterocycles. The summed E-state index contributed by atoms with van der Waals surface area (Å²) in [6.45, 7) is 5.00. The molecule has 2 aromatic carbocycles. The number of sulfonamides is 1. The van der Waals surface area contributed by atoms with Gasteiger partial charge in [-0.3, -0.25) is 4.79 Å². The molecule has 6 nitrogen and oxygen atoms in total. The fraction of sp³-hybridized carbons (Fsp3) is 0.316. The van der Waals surface area contributed by atoms with Crippen molar-refractivity contribution in [3.8, 4) is 0 Å². The summed E-state index contributed by atoms with van der Waals surface area (Å²) in [4.78, 5) is 12.6. The molecule has 27 heavy (non-hydrogen) atoms. The highest BCUT2D eigenvalue weighted by Crippen LogP contribution is 2.27. The van der Waals surface area contributed by atoms with Crippen LogP contribution in [0.1, 0.15) is 21.5 Å². The van der Waals surface area contributed by atoms with Crippen LogP contribution in [0.5, 0.6) is 0 Å². The molecule has 0 spiro atoms. The SMILES string of the molecule is Cc1cccc(C)c1NC(=O)c1ccc(Cl)c(S(=O)(=O)N2CCOCC2)c1. The van der Waals surface area contributed by atoms with E-state index in [1.807, 2.05) is 32.0 Å². The summed E-state index contributed by atoms with van der Waals surface area (Å²) in [6, 6.07) is 10.0. The van der Waals surface area contributed by atoms with E-state index in [1.54, 1.807) is 0 Å². The van der Waals surface area contributed by atoms with E-state index in [0.717, 1.165) is 16.8 Å². The van der Waals surface area contributed by atoms with Crippen LogP contribution < -0.4 is 5.32 Å². The zero-order valence-electron chi connectivity index (χ0n) is 15.2. The van der Waals surface area contributed by atoms with Gasteiger partial charge in [-0.05, 0) is 43.2 Å². The van der Waals surface area contributed by atoms with Crippen molar-refractivity contribution in [1.82, 2.24) is 4.31 Å². The number of nitrogens with one attached hydrogen (secondary N) is 1. The summed E-state index contributed by atoms with van der Waals surface area (Å²) in [5.74, 6) is -0.387. The highest BCUT2D eigenvalue weighted by molar-refractivity contribution is 7.89. The Labute approximate surface area is 164 Å². The number of hydrogen-bond donors (Lipinski definition) is 1. The van der Waals surface area contributed by atoms with E-state index in [1.165, 1.54) is 22.5 Å². The summed E-state index contributed by atoms with van der Waals surface area (Å²) < 4.78 is 32.3. The fourth-order valence-electron chi connectivity index (χ4n) is 2.97. The minimum atomic E-state index is -3.80. The largest absolute Gasteiger partial charge is 0.379 e. The molecular formula is C19H21ClN2O4S. The predicted molar refractivity (Wildman–Crippen MR) is 105 cm³/mol. The number of rotatable bonds is 4. The van der Waals surface area contributed by atoms with Crippen LogP contribution in [-0.4, -0.2) is 44.9 Å². The molecule has 0 saturated carbocycles. The van der Waals surface area contributed by atoms with Gasteiger partial charge in [-0.15, -0.1) is 0 Å². The van der Waals surface area contributed by atoms with Gasteiger partial charge < -0.3 is 10.1 Å². The van der Waals surface area contributed by atoms with Crippen molar-refractivity contribution < 1.29 is 17.9 Å². The monoisotopic (exact) mass is 408 g/mol. The number of carbonyl (C=O) groups excluding carboxylic acids is 1. The van der Waals surface area contributed by atoms with E-state index in [2.05, 4.69) is 5.32 Å². The molecule has 0 radical (unpaired) electrons. The van der Waals surface area contributed by atoms with Crippen molar-refractivity contribution in [3.05, 3.63) is 58.1 Å². The minimum Gasteiger partial charge on any atom is -0.379 e. The highest BCUT2D eigenvalue weighted by atomic mass is 35.5. The lowest BCUT2D eigenvalue weighted by Crippen LogP contribution is -2.40. The van der Waals surface area contributed by atoms with Gasteiger partial charge in [-0.2, -0.15) is 4.31 Å². The van der Waals surface area contributed by atoms with Crippen LogP contribution in [0.25, 0.3) is 0 Å².